The molecule has 0 aliphatic carbocycles. The van der Waals surface area contributed by atoms with Crippen molar-refractivity contribution in [2.24, 2.45) is 0 Å². The number of hydrogen-bond acceptors (Lipinski definition) is 3. The Kier molecular flexibility index (Phi) is 6.56. The quantitative estimate of drug-likeness (QED) is 0.515. The number of benzene rings is 3. The Bertz CT molecular complexity index is 944. The van der Waals surface area contributed by atoms with Crippen molar-refractivity contribution in [1.82, 2.24) is 0 Å². The van der Waals surface area contributed by atoms with Crippen LogP contribution in [0.1, 0.15) is 18.9 Å². The van der Waals surface area contributed by atoms with Crippen molar-refractivity contribution in [2.75, 3.05) is 5.32 Å². The number of ether oxygens (including phenoxy) is 2. The van der Waals surface area contributed by atoms with E-state index in [1.54, 1.807) is 18.2 Å². The summed E-state index contributed by atoms with van der Waals surface area (Å²) in [4.78, 5) is 12.8. The standard InChI is InChI=1S/C23H22ClNO3/c1-3-20(28-21-12-8-7-9-16(21)2)23(26)25-19-15-17(24)13-14-22(19)27-18-10-5-4-6-11-18/h4-15,20H,3H2,1-2H3,(H,25,26)/t20-/m1/s1. The van der Waals surface area contributed by atoms with Crippen molar-refractivity contribution in [3.8, 4) is 17.2 Å². The van der Waals surface area contributed by atoms with Gasteiger partial charge in [-0.1, -0.05) is 54.9 Å². The van der Waals surface area contributed by atoms with E-state index in [-0.39, 0.29) is 5.91 Å². The predicted molar refractivity (Wildman–Crippen MR) is 112 cm³/mol. The summed E-state index contributed by atoms with van der Waals surface area (Å²) in [6, 6.07) is 22.1. The first kappa shape index (κ1) is 19.8. The largest absolute Gasteiger partial charge is 0.480 e. The number of hydrogen-bond donors (Lipinski definition) is 1. The highest BCUT2D eigenvalue weighted by molar-refractivity contribution is 6.31. The van der Waals surface area contributed by atoms with Gasteiger partial charge in [0.15, 0.2) is 11.9 Å². The van der Waals surface area contributed by atoms with Crippen LogP contribution in [-0.4, -0.2) is 12.0 Å². The topological polar surface area (TPSA) is 47.6 Å². The van der Waals surface area contributed by atoms with Crippen molar-refractivity contribution in [2.45, 2.75) is 26.4 Å². The van der Waals surface area contributed by atoms with Crippen LogP contribution in [0.2, 0.25) is 5.02 Å². The van der Waals surface area contributed by atoms with Crippen molar-refractivity contribution >= 4 is 23.2 Å². The van der Waals surface area contributed by atoms with Gasteiger partial charge < -0.3 is 14.8 Å². The Morgan fingerprint density at radius 1 is 1.00 bits per heavy atom. The van der Waals surface area contributed by atoms with E-state index in [1.807, 2.05) is 68.4 Å². The smallest absolute Gasteiger partial charge is 0.265 e. The molecule has 0 heterocycles. The third-order valence-electron chi connectivity index (χ3n) is 4.20. The Morgan fingerprint density at radius 2 is 1.71 bits per heavy atom. The number of carbonyl (C=O) groups excluding carboxylic acids is 1. The summed E-state index contributed by atoms with van der Waals surface area (Å²) in [5.41, 5.74) is 1.47. The summed E-state index contributed by atoms with van der Waals surface area (Å²) >= 11 is 6.13. The van der Waals surface area contributed by atoms with Gasteiger partial charge in [-0.25, -0.2) is 0 Å². The molecule has 0 aliphatic heterocycles. The van der Waals surface area contributed by atoms with Gasteiger partial charge in [-0.3, -0.25) is 4.79 Å². The van der Waals surface area contributed by atoms with Crippen LogP contribution in [0.5, 0.6) is 17.2 Å². The van der Waals surface area contributed by atoms with Crippen LogP contribution in [-0.2, 0) is 4.79 Å². The van der Waals surface area contributed by atoms with E-state index >= 15 is 0 Å². The minimum atomic E-state index is -0.635. The second-order valence-electron chi connectivity index (χ2n) is 6.33. The number of amides is 1. The molecule has 0 fully saturated rings. The van der Waals surface area contributed by atoms with Crippen LogP contribution in [0.4, 0.5) is 5.69 Å². The molecule has 0 saturated heterocycles. The Morgan fingerprint density at radius 3 is 2.43 bits per heavy atom. The highest BCUT2D eigenvalue weighted by atomic mass is 35.5. The highest BCUT2D eigenvalue weighted by Gasteiger charge is 2.21. The van der Waals surface area contributed by atoms with E-state index in [9.17, 15) is 4.79 Å². The van der Waals surface area contributed by atoms with Crippen LogP contribution in [0.25, 0.3) is 0 Å². The van der Waals surface area contributed by atoms with Gasteiger partial charge in [-0.05, 0) is 55.3 Å². The molecule has 0 unspecified atom stereocenters. The third-order valence-corrected chi connectivity index (χ3v) is 4.43. The molecule has 28 heavy (non-hydrogen) atoms. The van der Waals surface area contributed by atoms with Gasteiger partial charge in [-0.15, -0.1) is 0 Å². The molecule has 0 spiro atoms. The molecular weight excluding hydrogens is 374 g/mol. The zero-order chi connectivity index (χ0) is 19.9. The lowest BCUT2D eigenvalue weighted by Crippen LogP contribution is -2.32. The Hall–Kier alpha value is -2.98. The van der Waals surface area contributed by atoms with E-state index in [2.05, 4.69) is 5.32 Å². The number of para-hydroxylation sites is 2. The molecule has 3 rings (SSSR count). The molecule has 0 aromatic heterocycles. The summed E-state index contributed by atoms with van der Waals surface area (Å²) in [6.45, 7) is 3.85. The number of anilines is 1. The summed E-state index contributed by atoms with van der Waals surface area (Å²) < 4.78 is 11.8. The monoisotopic (exact) mass is 395 g/mol. The van der Waals surface area contributed by atoms with Crippen LogP contribution >= 0.6 is 11.6 Å². The second kappa shape index (κ2) is 9.29. The molecule has 0 aliphatic rings. The molecule has 0 bridgehead atoms. The summed E-state index contributed by atoms with van der Waals surface area (Å²) in [5, 5.41) is 3.39. The molecule has 0 saturated carbocycles. The van der Waals surface area contributed by atoms with Gasteiger partial charge in [0.2, 0.25) is 0 Å². The van der Waals surface area contributed by atoms with Gasteiger partial charge in [-0.2, -0.15) is 0 Å². The highest BCUT2D eigenvalue weighted by Crippen LogP contribution is 2.32. The maximum atomic E-state index is 12.8. The van der Waals surface area contributed by atoms with Gasteiger partial charge >= 0.3 is 0 Å². The number of carbonyl (C=O) groups is 1. The fourth-order valence-corrected chi connectivity index (χ4v) is 2.85. The first-order valence-electron chi connectivity index (χ1n) is 9.12. The van der Waals surface area contributed by atoms with Crippen LogP contribution in [0.3, 0.4) is 0 Å². The van der Waals surface area contributed by atoms with E-state index in [0.717, 1.165) is 5.56 Å². The minimum Gasteiger partial charge on any atom is -0.480 e. The molecule has 1 amide bonds. The third kappa shape index (κ3) is 5.05. The summed E-state index contributed by atoms with van der Waals surface area (Å²) in [7, 11) is 0. The van der Waals surface area contributed by atoms with E-state index < -0.39 is 6.10 Å². The van der Waals surface area contributed by atoms with Crippen molar-refractivity contribution < 1.29 is 14.3 Å². The number of halogens is 1. The molecule has 0 radical (unpaired) electrons. The molecule has 1 atom stereocenters. The normalized spacial score (nSPS) is 11.5. The summed E-state index contributed by atoms with van der Waals surface area (Å²) in [5.74, 6) is 1.61. The molecule has 4 nitrogen and oxygen atoms in total. The average molecular weight is 396 g/mol. The zero-order valence-electron chi connectivity index (χ0n) is 15.8. The van der Waals surface area contributed by atoms with Gasteiger partial charge in [0, 0.05) is 5.02 Å². The van der Waals surface area contributed by atoms with Crippen molar-refractivity contribution in [3.05, 3.63) is 83.4 Å². The lowest BCUT2D eigenvalue weighted by Gasteiger charge is -2.20. The van der Waals surface area contributed by atoms with E-state index in [4.69, 9.17) is 21.1 Å². The van der Waals surface area contributed by atoms with Gasteiger partial charge in [0.25, 0.3) is 5.91 Å². The Balaban J connectivity index is 1.78. The van der Waals surface area contributed by atoms with Crippen molar-refractivity contribution in [3.63, 3.8) is 0 Å². The molecular formula is C23H22ClNO3. The Labute approximate surface area is 170 Å². The van der Waals surface area contributed by atoms with Crippen LogP contribution in [0, 0.1) is 6.92 Å². The molecule has 3 aromatic rings. The fraction of sp³-hybridized carbons (Fsp3) is 0.174. The van der Waals surface area contributed by atoms with Crippen molar-refractivity contribution in [1.29, 1.82) is 0 Å². The second-order valence-corrected chi connectivity index (χ2v) is 6.76. The minimum absolute atomic E-state index is 0.258. The predicted octanol–water partition coefficient (Wildman–Crippen LogP) is 6.24. The number of aryl methyl sites for hydroxylation is 1. The maximum Gasteiger partial charge on any atom is 0.265 e. The van der Waals surface area contributed by atoms with Gasteiger partial charge in [0.1, 0.15) is 11.5 Å². The molecule has 144 valence electrons. The fourth-order valence-electron chi connectivity index (χ4n) is 2.68. The lowest BCUT2D eigenvalue weighted by molar-refractivity contribution is -0.122. The summed E-state index contributed by atoms with van der Waals surface area (Å²) in [6.07, 6.45) is -0.111. The number of rotatable bonds is 7. The lowest BCUT2D eigenvalue weighted by atomic mass is 10.2. The number of nitrogens with one attached hydrogen (secondary N) is 1. The first-order valence-corrected chi connectivity index (χ1v) is 9.50. The van der Waals surface area contributed by atoms with Crippen LogP contribution < -0.4 is 14.8 Å². The van der Waals surface area contributed by atoms with E-state index in [0.29, 0.717) is 34.4 Å². The average Bonchev–Trinajstić information content (AvgIpc) is 2.70. The van der Waals surface area contributed by atoms with Crippen LogP contribution in [0.15, 0.2) is 72.8 Å². The van der Waals surface area contributed by atoms with E-state index in [1.165, 1.54) is 0 Å². The molecule has 3 aromatic carbocycles. The molecule has 5 heteroatoms. The SMILES string of the molecule is CC[C@@H](Oc1ccccc1C)C(=O)Nc1cc(Cl)ccc1Oc1ccccc1. The maximum absolute atomic E-state index is 12.8. The first-order chi connectivity index (χ1) is 13.6. The zero-order valence-corrected chi connectivity index (χ0v) is 16.6. The van der Waals surface area contributed by atoms with Gasteiger partial charge in [0.05, 0.1) is 5.69 Å². The molecule has 1 N–H and O–H groups in total.